The number of benzene rings is 1. The van der Waals surface area contributed by atoms with Crippen LogP contribution in [-0.2, 0) is 6.42 Å². The van der Waals surface area contributed by atoms with E-state index >= 15 is 0 Å². The molecule has 0 amide bonds. The molecule has 0 saturated heterocycles. The minimum absolute atomic E-state index is 0.642. The fourth-order valence-electron chi connectivity index (χ4n) is 1.74. The van der Waals surface area contributed by atoms with Crippen molar-refractivity contribution in [2.75, 3.05) is 0 Å². The predicted octanol–water partition coefficient (Wildman–Crippen LogP) is 4.95. The van der Waals surface area contributed by atoms with Crippen molar-refractivity contribution in [3.8, 4) is 0 Å². The Kier molecular flexibility index (Phi) is 5.04. The van der Waals surface area contributed by atoms with E-state index in [0.29, 0.717) is 5.92 Å². The largest absolute Gasteiger partial charge is 0.0984 e. The lowest BCUT2D eigenvalue weighted by molar-refractivity contribution is 0.701. The summed E-state index contributed by atoms with van der Waals surface area (Å²) in [5.74, 6) is 0.642. The van der Waals surface area contributed by atoms with Crippen molar-refractivity contribution in [3.63, 3.8) is 0 Å². The van der Waals surface area contributed by atoms with Gasteiger partial charge in [0.2, 0.25) is 0 Å². The van der Waals surface area contributed by atoms with Gasteiger partial charge in [0.1, 0.15) is 0 Å². The van der Waals surface area contributed by atoms with E-state index in [1.165, 1.54) is 23.1 Å². The topological polar surface area (TPSA) is 0 Å². The molecular formula is C16H22. The molecule has 0 aliphatic rings. The van der Waals surface area contributed by atoms with E-state index in [0.717, 1.165) is 6.42 Å². The van der Waals surface area contributed by atoms with Gasteiger partial charge in [0, 0.05) is 0 Å². The first-order valence-electron chi connectivity index (χ1n) is 6.15. The van der Waals surface area contributed by atoms with E-state index in [1.807, 2.05) is 6.08 Å². The second-order valence-electron chi connectivity index (χ2n) is 4.22. The summed E-state index contributed by atoms with van der Waals surface area (Å²) >= 11 is 0. The molecule has 86 valence electrons. The molecular weight excluding hydrogens is 192 g/mol. The average molecular weight is 214 g/mol. The maximum Gasteiger partial charge on any atom is -0.0158 e. The molecule has 0 spiro atoms. The second-order valence-corrected chi connectivity index (χ2v) is 4.22. The number of rotatable bonds is 5. The van der Waals surface area contributed by atoms with Gasteiger partial charge in [-0.15, -0.1) is 0 Å². The third-order valence-corrected chi connectivity index (χ3v) is 3.06. The standard InChI is InChI=1S/C16H22/c1-5-13(4)11-12-15-10-8-9-14(6-2)16(15)7-3/h7-13H,3,5-6H2,1-2,4H3/b12-11-. The maximum atomic E-state index is 3.91. The molecule has 0 aromatic heterocycles. The fraction of sp³-hybridized carbons (Fsp3) is 0.375. The summed E-state index contributed by atoms with van der Waals surface area (Å²) in [5.41, 5.74) is 3.94. The highest BCUT2D eigenvalue weighted by atomic mass is 14.1. The molecule has 1 atom stereocenters. The third kappa shape index (κ3) is 3.10. The van der Waals surface area contributed by atoms with Crippen LogP contribution in [0.5, 0.6) is 0 Å². The molecule has 0 heterocycles. The lowest BCUT2D eigenvalue weighted by Crippen LogP contribution is -1.90. The van der Waals surface area contributed by atoms with E-state index < -0.39 is 0 Å². The maximum absolute atomic E-state index is 3.91. The van der Waals surface area contributed by atoms with E-state index in [-0.39, 0.29) is 0 Å². The van der Waals surface area contributed by atoms with Crippen molar-refractivity contribution in [1.29, 1.82) is 0 Å². The third-order valence-electron chi connectivity index (χ3n) is 3.06. The molecule has 16 heavy (non-hydrogen) atoms. The van der Waals surface area contributed by atoms with Crippen LogP contribution in [0.4, 0.5) is 0 Å². The Balaban J connectivity index is 3.04. The zero-order valence-corrected chi connectivity index (χ0v) is 10.7. The summed E-state index contributed by atoms with van der Waals surface area (Å²) in [7, 11) is 0. The molecule has 0 bridgehead atoms. The molecule has 1 aromatic rings. The molecule has 0 fully saturated rings. The van der Waals surface area contributed by atoms with Gasteiger partial charge >= 0.3 is 0 Å². The predicted molar refractivity (Wildman–Crippen MR) is 74.4 cm³/mol. The van der Waals surface area contributed by atoms with Crippen LogP contribution in [0.15, 0.2) is 30.9 Å². The number of hydrogen-bond acceptors (Lipinski definition) is 0. The molecule has 0 nitrogen and oxygen atoms in total. The summed E-state index contributed by atoms with van der Waals surface area (Å²) in [6.07, 6.45) is 8.72. The minimum Gasteiger partial charge on any atom is -0.0984 e. The summed E-state index contributed by atoms with van der Waals surface area (Å²) in [6, 6.07) is 6.47. The Morgan fingerprint density at radius 2 is 2.06 bits per heavy atom. The van der Waals surface area contributed by atoms with Crippen LogP contribution in [0.25, 0.3) is 12.2 Å². The van der Waals surface area contributed by atoms with Crippen LogP contribution >= 0.6 is 0 Å². The quantitative estimate of drug-likeness (QED) is 0.650. The first kappa shape index (κ1) is 12.8. The van der Waals surface area contributed by atoms with Crippen molar-refractivity contribution in [2.45, 2.75) is 33.6 Å². The van der Waals surface area contributed by atoms with Gasteiger partial charge in [-0.05, 0) is 29.0 Å². The summed E-state index contributed by atoms with van der Waals surface area (Å²) in [6.45, 7) is 10.6. The van der Waals surface area contributed by atoms with Gasteiger partial charge in [0.25, 0.3) is 0 Å². The number of allylic oxidation sites excluding steroid dienone is 1. The van der Waals surface area contributed by atoms with Gasteiger partial charge in [0.15, 0.2) is 0 Å². The molecule has 1 rings (SSSR count). The van der Waals surface area contributed by atoms with Crippen molar-refractivity contribution in [3.05, 3.63) is 47.5 Å². The zero-order chi connectivity index (χ0) is 12.0. The van der Waals surface area contributed by atoms with Crippen LogP contribution in [0.3, 0.4) is 0 Å². The average Bonchev–Trinajstić information content (AvgIpc) is 2.34. The van der Waals surface area contributed by atoms with E-state index in [2.05, 4.69) is 57.7 Å². The summed E-state index contributed by atoms with van der Waals surface area (Å²) < 4.78 is 0. The Morgan fingerprint density at radius 3 is 2.62 bits per heavy atom. The molecule has 0 N–H and O–H groups in total. The van der Waals surface area contributed by atoms with Crippen LogP contribution in [0.2, 0.25) is 0 Å². The van der Waals surface area contributed by atoms with Crippen LogP contribution in [0, 0.1) is 5.92 Å². The minimum atomic E-state index is 0.642. The van der Waals surface area contributed by atoms with Gasteiger partial charge in [-0.1, -0.05) is 70.2 Å². The van der Waals surface area contributed by atoms with E-state index in [1.54, 1.807) is 0 Å². The van der Waals surface area contributed by atoms with Gasteiger partial charge in [-0.25, -0.2) is 0 Å². The first-order valence-corrected chi connectivity index (χ1v) is 6.15. The molecule has 0 aliphatic heterocycles. The Bertz CT molecular complexity index is 372. The lowest BCUT2D eigenvalue weighted by Gasteiger charge is -2.08. The Labute approximate surface area is 99.7 Å². The normalized spacial score (nSPS) is 12.9. The summed E-state index contributed by atoms with van der Waals surface area (Å²) in [4.78, 5) is 0. The van der Waals surface area contributed by atoms with Crippen molar-refractivity contribution >= 4 is 12.2 Å². The van der Waals surface area contributed by atoms with Gasteiger partial charge in [0.05, 0.1) is 0 Å². The van der Waals surface area contributed by atoms with Gasteiger partial charge < -0.3 is 0 Å². The zero-order valence-electron chi connectivity index (χ0n) is 10.7. The fourth-order valence-corrected chi connectivity index (χ4v) is 1.74. The van der Waals surface area contributed by atoms with Crippen molar-refractivity contribution in [2.24, 2.45) is 5.92 Å². The van der Waals surface area contributed by atoms with Crippen LogP contribution in [0.1, 0.15) is 43.9 Å². The molecule has 1 unspecified atom stereocenters. The van der Waals surface area contributed by atoms with Crippen molar-refractivity contribution < 1.29 is 0 Å². The summed E-state index contributed by atoms with van der Waals surface area (Å²) in [5, 5.41) is 0. The van der Waals surface area contributed by atoms with Crippen LogP contribution < -0.4 is 0 Å². The number of aryl methyl sites for hydroxylation is 1. The smallest absolute Gasteiger partial charge is 0.0158 e. The van der Waals surface area contributed by atoms with Gasteiger partial charge in [-0.2, -0.15) is 0 Å². The second kappa shape index (κ2) is 6.32. The molecule has 0 saturated carbocycles. The molecule has 0 heteroatoms. The number of hydrogen-bond donors (Lipinski definition) is 0. The highest BCUT2D eigenvalue weighted by Crippen LogP contribution is 2.19. The highest BCUT2D eigenvalue weighted by Gasteiger charge is 2.01. The first-order chi connectivity index (χ1) is 7.72. The molecule has 0 aliphatic carbocycles. The molecule has 1 aromatic carbocycles. The van der Waals surface area contributed by atoms with Crippen molar-refractivity contribution in [1.82, 2.24) is 0 Å². The van der Waals surface area contributed by atoms with Gasteiger partial charge in [-0.3, -0.25) is 0 Å². The highest BCUT2D eigenvalue weighted by molar-refractivity contribution is 5.67. The van der Waals surface area contributed by atoms with E-state index in [4.69, 9.17) is 0 Å². The lowest BCUT2D eigenvalue weighted by atomic mass is 9.97. The van der Waals surface area contributed by atoms with Crippen LogP contribution in [-0.4, -0.2) is 0 Å². The molecule has 0 radical (unpaired) electrons. The van der Waals surface area contributed by atoms with E-state index in [9.17, 15) is 0 Å². The Morgan fingerprint density at radius 1 is 1.31 bits per heavy atom. The Hall–Kier alpha value is -1.30. The SMILES string of the molecule is C=Cc1c(/C=C\C(C)CC)cccc1CC. The monoisotopic (exact) mass is 214 g/mol.